The summed E-state index contributed by atoms with van der Waals surface area (Å²) in [5.41, 5.74) is 0.986. The SMILES string of the molecule is C.COC(=O)CCC(C)=O.COC(=O)Cc1ccccc1.COC=O. The monoisotopic (exact) mass is 356 g/mol. The Morgan fingerprint density at radius 3 is 1.76 bits per heavy atom. The molecule has 0 aromatic heterocycles. The number of Topliss-reactive ketones (excluding diaryl/α,β-unsaturated/α-hetero) is 1. The number of carbonyl (C=O) groups is 4. The van der Waals surface area contributed by atoms with Crippen molar-refractivity contribution in [3.63, 3.8) is 0 Å². The minimum atomic E-state index is -0.329. The van der Waals surface area contributed by atoms with Crippen LogP contribution in [0.15, 0.2) is 30.3 Å². The van der Waals surface area contributed by atoms with Gasteiger partial charge in [-0.05, 0) is 12.5 Å². The molecule has 1 rings (SSSR count). The van der Waals surface area contributed by atoms with Gasteiger partial charge in [-0.2, -0.15) is 0 Å². The summed E-state index contributed by atoms with van der Waals surface area (Å²) in [5.74, 6) is -0.512. The van der Waals surface area contributed by atoms with Gasteiger partial charge in [-0.1, -0.05) is 37.8 Å². The Hall–Kier alpha value is -2.70. The first kappa shape index (κ1) is 27.2. The summed E-state index contributed by atoms with van der Waals surface area (Å²) in [5, 5.41) is 0. The standard InChI is InChI=1S/C9H10O2.C6H10O3.C2H4O2.CH4/c1-11-9(10)7-8-5-3-2-4-6-8;1-5(7)3-4-6(8)9-2;1-4-2-3;/h2-6H,7H2,1H3;3-4H2,1-2H3;2H,1H3;1H4. The predicted molar refractivity (Wildman–Crippen MR) is 93.9 cm³/mol. The van der Waals surface area contributed by atoms with Gasteiger partial charge in [-0.3, -0.25) is 14.4 Å². The predicted octanol–water partition coefficient (Wildman–Crippen LogP) is 2.36. The summed E-state index contributed by atoms with van der Waals surface area (Å²) in [7, 11) is 4.01. The number of hydrogen-bond donors (Lipinski definition) is 0. The van der Waals surface area contributed by atoms with Crippen LogP contribution in [0.3, 0.4) is 0 Å². The molecule has 7 nitrogen and oxygen atoms in total. The van der Waals surface area contributed by atoms with Crippen LogP contribution in [0.5, 0.6) is 0 Å². The second-order valence-electron chi connectivity index (χ2n) is 4.35. The maximum atomic E-state index is 10.8. The molecule has 1 aromatic carbocycles. The minimum Gasteiger partial charge on any atom is -0.471 e. The molecule has 7 heteroatoms. The Balaban J connectivity index is -0.000000314. The Labute approximate surface area is 149 Å². The fourth-order valence-electron chi connectivity index (χ4n) is 1.21. The summed E-state index contributed by atoms with van der Waals surface area (Å²) in [6, 6.07) is 9.52. The number of benzene rings is 1. The smallest absolute Gasteiger partial charge is 0.309 e. The first-order valence-corrected chi connectivity index (χ1v) is 7.04. The van der Waals surface area contributed by atoms with Gasteiger partial charge >= 0.3 is 11.9 Å². The van der Waals surface area contributed by atoms with E-state index in [1.165, 1.54) is 28.3 Å². The van der Waals surface area contributed by atoms with E-state index >= 15 is 0 Å². The number of hydrogen-bond acceptors (Lipinski definition) is 7. The van der Waals surface area contributed by atoms with Gasteiger partial charge in [0.1, 0.15) is 5.78 Å². The quantitative estimate of drug-likeness (QED) is 0.438. The molecule has 0 aliphatic heterocycles. The number of esters is 2. The molecule has 0 bridgehead atoms. The van der Waals surface area contributed by atoms with Crippen molar-refractivity contribution >= 4 is 24.2 Å². The van der Waals surface area contributed by atoms with E-state index in [1.807, 2.05) is 30.3 Å². The van der Waals surface area contributed by atoms with Gasteiger partial charge in [0, 0.05) is 6.42 Å². The van der Waals surface area contributed by atoms with E-state index in [0.29, 0.717) is 12.9 Å². The summed E-state index contributed by atoms with van der Waals surface area (Å²) in [6.45, 7) is 1.82. The fraction of sp³-hybridized carbons (Fsp3) is 0.444. The lowest BCUT2D eigenvalue weighted by atomic mass is 10.2. The van der Waals surface area contributed by atoms with E-state index in [-0.39, 0.29) is 38.0 Å². The van der Waals surface area contributed by atoms with Crippen LogP contribution >= 0.6 is 0 Å². The lowest BCUT2D eigenvalue weighted by Crippen LogP contribution is -2.03. The molecule has 1 aromatic rings. The van der Waals surface area contributed by atoms with Gasteiger partial charge in [-0.15, -0.1) is 0 Å². The lowest BCUT2D eigenvalue weighted by Gasteiger charge is -1.97. The van der Waals surface area contributed by atoms with Gasteiger partial charge in [0.15, 0.2) is 0 Å². The molecule has 0 amide bonds. The first-order chi connectivity index (χ1) is 11.4. The van der Waals surface area contributed by atoms with E-state index in [4.69, 9.17) is 4.79 Å². The van der Waals surface area contributed by atoms with E-state index < -0.39 is 0 Å². The van der Waals surface area contributed by atoms with Gasteiger partial charge in [0.25, 0.3) is 6.47 Å². The zero-order valence-electron chi connectivity index (χ0n) is 14.4. The van der Waals surface area contributed by atoms with Crippen molar-refractivity contribution in [3.05, 3.63) is 35.9 Å². The number of methoxy groups -OCH3 is 3. The Bertz CT molecular complexity index is 483. The van der Waals surface area contributed by atoms with Crippen molar-refractivity contribution in [2.45, 2.75) is 33.6 Å². The third-order valence-corrected chi connectivity index (χ3v) is 2.42. The van der Waals surface area contributed by atoms with Crippen molar-refractivity contribution in [1.29, 1.82) is 0 Å². The molecule has 0 spiro atoms. The zero-order valence-corrected chi connectivity index (χ0v) is 14.4. The summed E-state index contributed by atoms with van der Waals surface area (Å²) >= 11 is 0. The number of rotatable bonds is 6. The Morgan fingerprint density at radius 2 is 1.40 bits per heavy atom. The molecule has 0 aliphatic carbocycles. The first-order valence-electron chi connectivity index (χ1n) is 7.04. The summed E-state index contributed by atoms with van der Waals surface area (Å²) < 4.78 is 12.7. The van der Waals surface area contributed by atoms with Crippen molar-refractivity contribution in [1.82, 2.24) is 0 Å². The molecule has 142 valence electrons. The largest absolute Gasteiger partial charge is 0.471 e. The van der Waals surface area contributed by atoms with Crippen LogP contribution in [0.25, 0.3) is 0 Å². The molecular formula is C18H28O7. The molecule has 0 N–H and O–H groups in total. The van der Waals surface area contributed by atoms with E-state index in [1.54, 1.807) is 0 Å². The average molecular weight is 356 g/mol. The minimum absolute atomic E-state index is 0. The molecule has 0 radical (unpaired) electrons. The van der Waals surface area contributed by atoms with Gasteiger partial charge in [0.05, 0.1) is 34.2 Å². The zero-order chi connectivity index (χ0) is 18.8. The van der Waals surface area contributed by atoms with Gasteiger partial charge < -0.3 is 19.0 Å². The van der Waals surface area contributed by atoms with Crippen LogP contribution in [-0.4, -0.2) is 45.5 Å². The molecule has 25 heavy (non-hydrogen) atoms. The van der Waals surface area contributed by atoms with E-state index in [2.05, 4.69) is 14.2 Å². The maximum absolute atomic E-state index is 10.8. The van der Waals surface area contributed by atoms with Crippen molar-refractivity contribution in [2.75, 3.05) is 21.3 Å². The van der Waals surface area contributed by atoms with Crippen LogP contribution in [0.1, 0.15) is 32.8 Å². The van der Waals surface area contributed by atoms with Crippen LogP contribution in [0, 0.1) is 0 Å². The van der Waals surface area contributed by atoms with E-state index in [0.717, 1.165) is 5.56 Å². The molecule has 0 heterocycles. The second kappa shape index (κ2) is 19.3. The highest BCUT2D eigenvalue weighted by molar-refractivity contribution is 5.80. The number of carbonyl (C=O) groups excluding carboxylic acids is 4. The number of ether oxygens (including phenoxy) is 3. The van der Waals surface area contributed by atoms with Gasteiger partial charge in [-0.25, -0.2) is 0 Å². The van der Waals surface area contributed by atoms with Crippen molar-refractivity contribution in [2.24, 2.45) is 0 Å². The molecule has 0 unspecified atom stereocenters. The summed E-state index contributed by atoms with van der Waals surface area (Å²) in [4.78, 5) is 40.3. The normalized spacial score (nSPS) is 8.00. The Kier molecular flexibility index (Phi) is 21.0. The molecule has 0 atom stereocenters. The average Bonchev–Trinajstić information content (AvgIpc) is 2.61. The Morgan fingerprint density at radius 1 is 0.920 bits per heavy atom. The molecular weight excluding hydrogens is 328 g/mol. The van der Waals surface area contributed by atoms with Crippen molar-refractivity contribution < 1.29 is 33.4 Å². The lowest BCUT2D eigenvalue weighted by molar-refractivity contribution is -0.142. The molecule has 0 fully saturated rings. The highest BCUT2D eigenvalue weighted by Crippen LogP contribution is 1.99. The molecule has 0 saturated heterocycles. The summed E-state index contributed by atoms with van der Waals surface area (Å²) in [6.07, 6.45) is 0.843. The van der Waals surface area contributed by atoms with Crippen LogP contribution in [0.4, 0.5) is 0 Å². The topological polar surface area (TPSA) is 96.0 Å². The molecule has 0 saturated carbocycles. The third kappa shape index (κ3) is 21.3. The second-order valence-corrected chi connectivity index (χ2v) is 4.35. The van der Waals surface area contributed by atoms with Crippen LogP contribution in [-0.2, 0) is 39.8 Å². The fourth-order valence-corrected chi connectivity index (χ4v) is 1.21. The van der Waals surface area contributed by atoms with E-state index in [9.17, 15) is 14.4 Å². The highest BCUT2D eigenvalue weighted by Gasteiger charge is 2.01. The van der Waals surface area contributed by atoms with Crippen LogP contribution in [0.2, 0.25) is 0 Å². The highest BCUT2D eigenvalue weighted by atomic mass is 16.5. The third-order valence-electron chi connectivity index (χ3n) is 2.42. The van der Waals surface area contributed by atoms with Crippen LogP contribution < -0.4 is 0 Å². The molecule has 0 aliphatic rings. The number of ketones is 1. The van der Waals surface area contributed by atoms with Gasteiger partial charge in [0.2, 0.25) is 0 Å². The van der Waals surface area contributed by atoms with Crippen molar-refractivity contribution in [3.8, 4) is 0 Å². The maximum Gasteiger partial charge on any atom is 0.309 e.